The number of fused-ring (bicyclic) bond motifs is 1. The molecule has 1 aliphatic heterocycles. The van der Waals surface area contributed by atoms with Crippen LogP contribution in [0.25, 0.3) is 0 Å². The molecule has 8 nitrogen and oxygen atoms in total. The number of hydrogen-bond acceptors (Lipinski definition) is 5. The van der Waals surface area contributed by atoms with Crippen LogP contribution in [-0.4, -0.2) is 27.8 Å². The molecule has 0 radical (unpaired) electrons. The number of nitrogens with zero attached hydrogens (tertiary/aromatic N) is 2. The van der Waals surface area contributed by atoms with Crippen LogP contribution in [0.1, 0.15) is 48.1 Å². The third kappa shape index (κ3) is 4.46. The molecule has 4 rings (SSSR count). The fourth-order valence-corrected chi connectivity index (χ4v) is 3.44. The smallest absolute Gasteiger partial charge is 0.410 e. The lowest BCUT2D eigenvalue weighted by atomic mass is 10.0. The van der Waals surface area contributed by atoms with E-state index in [-0.39, 0.29) is 23.8 Å². The minimum atomic E-state index is -4.56. The second-order valence-electron chi connectivity index (χ2n) is 7.30. The van der Waals surface area contributed by atoms with E-state index < -0.39 is 24.2 Å². The van der Waals surface area contributed by atoms with Gasteiger partial charge >= 0.3 is 6.18 Å². The van der Waals surface area contributed by atoms with Gasteiger partial charge in [0.25, 0.3) is 5.91 Å². The van der Waals surface area contributed by atoms with Gasteiger partial charge in [0.15, 0.2) is 11.7 Å². The van der Waals surface area contributed by atoms with E-state index in [0.717, 1.165) is 4.68 Å². The number of carbonyl (C=O) groups excluding carboxylic acids is 2. The number of amides is 2. The van der Waals surface area contributed by atoms with Crippen molar-refractivity contribution in [2.75, 3.05) is 16.0 Å². The summed E-state index contributed by atoms with van der Waals surface area (Å²) in [5.41, 5.74) is 0.808. The van der Waals surface area contributed by atoms with E-state index in [2.05, 4.69) is 21.0 Å². The van der Waals surface area contributed by atoms with E-state index in [9.17, 15) is 22.8 Å². The highest BCUT2D eigenvalue weighted by Gasteiger charge is 2.47. The first-order valence-electron chi connectivity index (χ1n) is 9.92. The molecule has 0 aliphatic carbocycles. The SMILES string of the molecule is CCC(=O)Nc1ccc(NC(=O)c2cc3n(n2)[C@H](C(F)(F)F)C[C@H](c2ccco2)N3)cc1. The van der Waals surface area contributed by atoms with Gasteiger partial charge in [-0.15, -0.1) is 0 Å². The molecule has 0 fully saturated rings. The van der Waals surface area contributed by atoms with Gasteiger partial charge in [-0.05, 0) is 36.4 Å². The molecule has 1 aliphatic rings. The second kappa shape index (κ2) is 8.40. The van der Waals surface area contributed by atoms with Crippen LogP contribution in [-0.2, 0) is 4.79 Å². The number of halogens is 3. The van der Waals surface area contributed by atoms with E-state index in [4.69, 9.17) is 4.42 Å². The zero-order valence-corrected chi connectivity index (χ0v) is 16.9. The van der Waals surface area contributed by atoms with Crippen LogP contribution < -0.4 is 16.0 Å². The molecule has 0 saturated carbocycles. The molecule has 3 aromatic rings. The van der Waals surface area contributed by atoms with Crippen LogP contribution in [0.2, 0.25) is 0 Å². The van der Waals surface area contributed by atoms with Crippen LogP contribution in [0, 0.1) is 0 Å². The molecule has 168 valence electrons. The summed E-state index contributed by atoms with van der Waals surface area (Å²) in [6.07, 6.45) is -3.15. The Morgan fingerprint density at radius 2 is 1.88 bits per heavy atom. The van der Waals surface area contributed by atoms with Gasteiger partial charge in [-0.1, -0.05) is 6.92 Å². The third-order valence-corrected chi connectivity index (χ3v) is 5.06. The maximum Gasteiger partial charge on any atom is 0.410 e. The number of anilines is 3. The highest BCUT2D eigenvalue weighted by Crippen LogP contribution is 2.43. The van der Waals surface area contributed by atoms with E-state index in [1.165, 1.54) is 12.3 Å². The molecule has 0 unspecified atom stereocenters. The van der Waals surface area contributed by atoms with Gasteiger partial charge in [0, 0.05) is 30.3 Å². The van der Waals surface area contributed by atoms with Crippen molar-refractivity contribution >= 4 is 29.0 Å². The molecule has 0 bridgehead atoms. The summed E-state index contributed by atoms with van der Waals surface area (Å²) in [5, 5.41) is 12.2. The topological polar surface area (TPSA) is 101 Å². The summed E-state index contributed by atoms with van der Waals surface area (Å²) in [6, 6.07) is 8.22. The molecule has 1 aromatic carbocycles. The first-order valence-corrected chi connectivity index (χ1v) is 9.92. The monoisotopic (exact) mass is 447 g/mol. The van der Waals surface area contributed by atoms with Crippen molar-refractivity contribution in [1.29, 1.82) is 0 Å². The van der Waals surface area contributed by atoms with Crippen molar-refractivity contribution < 1.29 is 27.2 Å². The number of rotatable bonds is 5. The maximum atomic E-state index is 13.7. The van der Waals surface area contributed by atoms with E-state index in [0.29, 0.717) is 23.6 Å². The van der Waals surface area contributed by atoms with Gasteiger partial charge in [0.1, 0.15) is 11.6 Å². The number of furan rings is 1. The molecule has 32 heavy (non-hydrogen) atoms. The lowest BCUT2D eigenvalue weighted by Gasteiger charge is -2.32. The molecule has 2 aromatic heterocycles. The summed E-state index contributed by atoms with van der Waals surface area (Å²) in [7, 11) is 0. The van der Waals surface area contributed by atoms with Crippen LogP contribution in [0.15, 0.2) is 53.1 Å². The van der Waals surface area contributed by atoms with Gasteiger partial charge in [-0.25, -0.2) is 4.68 Å². The number of aromatic nitrogens is 2. The fraction of sp³-hybridized carbons (Fsp3) is 0.286. The first-order chi connectivity index (χ1) is 15.2. The molecule has 11 heteroatoms. The average Bonchev–Trinajstić information content (AvgIpc) is 3.43. The summed E-state index contributed by atoms with van der Waals surface area (Å²) >= 11 is 0. The number of carbonyl (C=O) groups is 2. The zero-order valence-electron chi connectivity index (χ0n) is 16.9. The van der Waals surface area contributed by atoms with E-state index in [1.54, 1.807) is 43.3 Å². The standard InChI is InChI=1S/C21H20F3N5O3/c1-2-19(30)25-12-5-7-13(8-6-12)26-20(31)15-11-18-27-14(16-4-3-9-32-16)10-17(21(22,23)24)29(18)28-15/h3-9,11,14,17,27H,2,10H2,1H3,(H,25,30)(H,26,31)/t14-,17+/m1/s1. The Hall–Kier alpha value is -3.76. The number of benzene rings is 1. The highest BCUT2D eigenvalue weighted by molar-refractivity contribution is 6.03. The maximum absolute atomic E-state index is 13.7. The predicted molar refractivity (Wildman–Crippen MR) is 110 cm³/mol. The Balaban J connectivity index is 1.53. The molecular formula is C21H20F3N5O3. The summed E-state index contributed by atoms with van der Waals surface area (Å²) in [4.78, 5) is 24.1. The molecule has 2 amide bonds. The first kappa shape index (κ1) is 21.5. The largest absolute Gasteiger partial charge is 0.467 e. The van der Waals surface area contributed by atoms with Crippen molar-refractivity contribution in [3.8, 4) is 0 Å². The van der Waals surface area contributed by atoms with E-state index >= 15 is 0 Å². The van der Waals surface area contributed by atoms with Crippen LogP contribution in [0.4, 0.5) is 30.4 Å². The Kier molecular flexibility index (Phi) is 5.64. The highest BCUT2D eigenvalue weighted by atomic mass is 19.4. The molecule has 0 saturated heterocycles. The van der Waals surface area contributed by atoms with Crippen LogP contribution >= 0.6 is 0 Å². The average molecular weight is 447 g/mol. The second-order valence-corrected chi connectivity index (χ2v) is 7.30. The van der Waals surface area contributed by atoms with Crippen LogP contribution in [0.3, 0.4) is 0 Å². The van der Waals surface area contributed by atoms with Gasteiger partial charge in [0.2, 0.25) is 5.91 Å². The lowest BCUT2D eigenvalue weighted by Crippen LogP contribution is -2.35. The summed E-state index contributed by atoms with van der Waals surface area (Å²) in [5.74, 6) is -0.366. The Bertz CT molecular complexity index is 1110. The van der Waals surface area contributed by atoms with Crippen molar-refractivity contribution in [2.24, 2.45) is 0 Å². The van der Waals surface area contributed by atoms with Gasteiger partial charge in [-0.3, -0.25) is 9.59 Å². The van der Waals surface area contributed by atoms with Crippen molar-refractivity contribution in [2.45, 2.75) is 38.0 Å². The van der Waals surface area contributed by atoms with Crippen molar-refractivity contribution in [1.82, 2.24) is 9.78 Å². The number of alkyl halides is 3. The quantitative estimate of drug-likeness (QED) is 0.525. The normalized spacial score (nSPS) is 17.9. The molecule has 0 spiro atoms. The zero-order chi connectivity index (χ0) is 22.9. The van der Waals surface area contributed by atoms with Gasteiger partial charge in [-0.2, -0.15) is 18.3 Å². The Morgan fingerprint density at radius 3 is 2.47 bits per heavy atom. The summed E-state index contributed by atoms with van der Waals surface area (Å²) in [6.45, 7) is 1.73. The minimum absolute atomic E-state index is 0.0720. The molecular weight excluding hydrogens is 427 g/mol. The predicted octanol–water partition coefficient (Wildman–Crippen LogP) is 4.74. The Morgan fingerprint density at radius 1 is 1.19 bits per heavy atom. The van der Waals surface area contributed by atoms with Gasteiger partial charge < -0.3 is 20.4 Å². The molecule has 2 atom stereocenters. The molecule has 3 heterocycles. The van der Waals surface area contributed by atoms with Gasteiger partial charge in [0.05, 0.1) is 12.3 Å². The lowest BCUT2D eigenvalue weighted by molar-refractivity contribution is -0.174. The Labute approximate surface area is 180 Å². The minimum Gasteiger partial charge on any atom is -0.467 e. The molecule has 3 N–H and O–H groups in total. The van der Waals surface area contributed by atoms with Crippen molar-refractivity contribution in [3.05, 3.63) is 60.2 Å². The van der Waals surface area contributed by atoms with E-state index in [1.807, 2.05) is 0 Å². The third-order valence-electron chi connectivity index (χ3n) is 5.06. The number of hydrogen-bond donors (Lipinski definition) is 3. The summed E-state index contributed by atoms with van der Waals surface area (Å²) < 4.78 is 47.1. The number of nitrogens with one attached hydrogen (secondary N) is 3. The fourth-order valence-electron chi connectivity index (χ4n) is 3.44. The van der Waals surface area contributed by atoms with Crippen molar-refractivity contribution in [3.63, 3.8) is 0 Å². The van der Waals surface area contributed by atoms with Crippen LogP contribution in [0.5, 0.6) is 0 Å².